The van der Waals surface area contributed by atoms with E-state index in [2.05, 4.69) is 44.8 Å². The summed E-state index contributed by atoms with van der Waals surface area (Å²) >= 11 is 5.27. The Morgan fingerprint density at radius 1 is 1.07 bits per heavy atom. The molecule has 2 unspecified atom stereocenters. The first-order valence-corrected chi connectivity index (χ1v) is 16.6. The van der Waals surface area contributed by atoms with Gasteiger partial charge in [0.05, 0.1) is 35.7 Å². The van der Waals surface area contributed by atoms with Gasteiger partial charge < -0.3 is 20.1 Å². The standard InChI is InChI=1S/C37H32BrN3O4S/c1-22-29(19-39)34(35-31(41-22)16-26(17-32(35)42)24-9-4-3-5-10-24)27-15-30(38)36(33(18-27)44-2)45-21-23-8-6-11-25(14-23)37(43)40-20-28-12-7-13-46-28/h3-15,18,26,34,41H,16-17,20-21H2,1-2H3,(H,40,43). The normalized spacial score (nSPS) is 17.6. The second-order valence-corrected chi connectivity index (χ2v) is 13.2. The predicted octanol–water partition coefficient (Wildman–Crippen LogP) is 7.91. The third-order valence-corrected chi connectivity index (χ3v) is 9.85. The molecule has 232 valence electrons. The summed E-state index contributed by atoms with van der Waals surface area (Å²) < 4.78 is 12.6. The summed E-state index contributed by atoms with van der Waals surface area (Å²) in [6.45, 7) is 2.56. The number of nitrogens with one attached hydrogen (secondary N) is 2. The third-order valence-electron chi connectivity index (χ3n) is 8.38. The van der Waals surface area contributed by atoms with Crippen LogP contribution in [-0.2, 0) is 17.9 Å². The number of amides is 1. The van der Waals surface area contributed by atoms with E-state index >= 15 is 0 Å². The Morgan fingerprint density at radius 3 is 2.63 bits per heavy atom. The Labute approximate surface area is 280 Å². The minimum Gasteiger partial charge on any atom is -0.493 e. The quantitative estimate of drug-likeness (QED) is 0.185. The zero-order valence-corrected chi connectivity index (χ0v) is 27.8. The van der Waals surface area contributed by atoms with E-state index in [-0.39, 0.29) is 24.2 Å². The van der Waals surface area contributed by atoms with Crippen molar-refractivity contribution >= 4 is 39.0 Å². The molecule has 2 N–H and O–H groups in total. The van der Waals surface area contributed by atoms with Crippen LogP contribution in [-0.4, -0.2) is 18.8 Å². The molecule has 3 aromatic carbocycles. The smallest absolute Gasteiger partial charge is 0.251 e. The lowest BCUT2D eigenvalue weighted by Gasteiger charge is -2.36. The minimum atomic E-state index is -0.533. The number of Topliss-reactive ketones (excluding diaryl/α,β-unsaturated/α-hetero) is 1. The van der Waals surface area contributed by atoms with E-state index in [4.69, 9.17) is 9.47 Å². The van der Waals surface area contributed by atoms with Gasteiger partial charge in [-0.25, -0.2) is 0 Å². The topological polar surface area (TPSA) is 100 Å². The van der Waals surface area contributed by atoms with Crippen molar-refractivity contribution in [2.45, 2.75) is 44.8 Å². The molecule has 0 saturated heterocycles. The number of carbonyl (C=O) groups is 2. The van der Waals surface area contributed by atoms with Crippen molar-refractivity contribution < 1.29 is 19.1 Å². The molecule has 1 aromatic heterocycles. The maximum Gasteiger partial charge on any atom is 0.251 e. The van der Waals surface area contributed by atoms with Crippen LogP contribution < -0.4 is 20.1 Å². The van der Waals surface area contributed by atoms with Crippen LogP contribution in [0, 0.1) is 11.3 Å². The van der Waals surface area contributed by atoms with Gasteiger partial charge in [0.15, 0.2) is 17.3 Å². The minimum absolute atomic E-state index is 0.0302. The molecule has 1 amide bonds. The van der Waals surface area contributed by atoms with Gasteiger partial charge in [-0.2, -0.15) is 5.26 Å². The van der Waals surface area contributed by atoms with E-state index in [0.717, 1.165) is 33.0 Å². The molecule has 6 rings (SSSR count). The molecule has 9 heteroatoms. The fourth-order valence-corrected chi connectivity index (χ4v) is 7.39. The van der Waals surface area contributed by atoms with Crippen LogP contribution in [0.15, 0.2) is 111 Å². The van der Waals surface area contributed by atoms with Gasteiger partial charge in [0, 0.05) is 33.8 Å². The van der Waals surface area contributed by atoms with Gasteiger partial charge in [0.1, 0.15) is 6.61 Å². The zero-order chi connectivity index (χ0) is 32.2. The summed E-state index contributed by atoms with van der Waals surface area (Å²) in [7, 11) is 1.56. The maximum atomic E-state index is 13.8. The van der Waals surface area contributed by atoms with Crippen molar-refractivity contribution in [2.24, 2.45) is 0 Å². The lowest BCUT2D eigenvalue weighted by molar-refractivity contribution is -0.116. The van der Waals surface area contributed by atoms with Crippen LogP contribution in [0.25, 0.3) is 0 Å². The number of nitrogens with zero attached hydrogens (tertiary/aromatic N) is 1. The SMILES string of the molecule is COc1cc(C2C(C#N)=C(C)NC3=C2C(=O)CC(c2ccccc2)C3)cc(Br)c1OCc1cccc(C(=O)NCc2cccs2)c1. The Balaban J connectivity index is 1.25. The molecule has 0 saturated carbocycles. The van der Waals surface area contributed by atoms with E-state index in [1.54, 1.807) is 24.5 Å². The van der Waals surface area contributed by atoms with Crippen molar-refractivity contribution in [3.05, 3.63) is 138 Å². The summed E-state index contributed by atoms with van der Waals surface area (Å²) in [5, 5.41) is 18.6. The summed E-state index contributed by atoms with van der Waals surface area (Å²) in [5.74, 6) is 0.366. The highest BCUT2D eigenvalue weighted by Crippen LogP contribution is 2.48. The van der Waals surface area contributed by atoms with Crippen LogP contribution >= 0.6 is 27.3 Å². The summed E-state index contributed by atoms with van der Waals surface area (Å²) in [6.07, 6.45) is 1.06. The number of nitriles is 1. The first-order chi connectivity index (χ1) is 22.4. The van der Waals surface area contributed by atoms with Gasteiger partial charge in [-0.3, -0.25) is 9.59 Å². The number of methoxy groups -OCH3 is 1. The van der Waals surface area contributed by atoms with Crippen LogP contribution in [0.1, 0.15) is 63.5 Å². The van der Waals surface area contributed by atoms with Crippen LogP contribution in [0.4, 0.5) is 0 Å². The molecule has 2 heterocycles. The maximum absolute atomic E-state index is 13.8. The van der Waals surface area contributed by atoms with Gasteiger partial charge in [0.2, 0.25) is 0 Å². The van der Waals surface area contributed by atoms with Gasteiger partial charge in [-0.05, 0) is 87.6 Å². The number of hydrogen-bond donors (Lipinski definition) is 2. The molecule has 1 aliphatic carbocycles. The van der Waals surface area contributed by atoms with E-state index in [0.29, 0.717) is 52.1 Å². The lowest BCUT2D eigenvalue weighted by atomic mass is 9.72. The number of rotatable bonds is 9. The van der Waals surface area contributed by atoms with Crippen molar-refractivity contribution in [2.75, 3.05) is 7.11 Å². The molecule has 1 aliphatic heterocycles. The number of halogens is 1. The Kier molecular flexibility index (Phi) is 9.38. The Morgan fingerprint density at radius 2 is 1.89 bits per heavy atom. The van der Waals surface area contributed by atoms with Crippen LogP contribution in [0.2, 0.25) is 0 Å². The highest BCUT2D eigenvalue weighted by molar-refractivity contribution is 9.10. The number of thiophene rings is 1. The zero-order valence-electron chi connectivity index (χ0n) is 25.4. The van der Waals surface area contributed by atoms with Crippen molar-refractivity contribution in [3.8, 4) is 17.6 Å². The van der Waals surface area contributed by atoms with Crippen molar-refractivity contribution in [3.63, 3.8) is 0 Å². The fraction of sp³-hybridized carbons (Fsp3) is 0.216. The lowest BCUT2D eigenvalue weighted by Crippen LogP contribution is -2.33. The van der Waals surface area contributed by atoms with E-state index in [1.165, 1.54) is 0 Å². The number of allylic oxidation sites excluding steroid dienone is 4. The average molecular weight is 695 g/mol. The molecular weight excluding hydrogens is 662 g/mol. The molecule has 0 bridgehead atoms. The number of benzene rings is 3. The van der Waals surface area contributed by atoms with Gasteiger partial charge >= 0.3 is 0 Å². The molecule has 4 aromatic rings. The average Bonchev–Trinajstić information content (AvgIpc) is 3.60. The summed E-state index contributed by atoms with van der Waals surface area (Å²) in [5.41, 5.74) is 5.99. The number of ether oxygens (including phenoxy) is 2. The molecular formula is C37H32BrN3O4S. The Bertz CT molecular complexity index is 1890. The first-order valence-electron chi connectivity index (χ1n) is 14.9. The van der Waals surface area contributed by atoms with E-state index in [9.17, 15) is 14.9 Å². The molecule has 0 fully saturated rings. The van der Waals surface area contributed by atoms with Crippen LogP contribution in [0.5, 0.6) is 11.5 Å². The van der Waals surface area contributed by atoms with E-state index in [1.807, 2.05) is 73.0 Å². The third kappa shape index (κ3) is 6.50. The summed E-state index contributed by atoms with van der Waals surface area (Å²) in [6, 6.07) is 27.4. The van der Waals surface area contributed by atoms with E-state index < -0.39 is 5.92 Å². The second kappa shape index (κ2) is 13.8. The number of hydrogen-bond acceptors (Lipinski definition) is 7. The van der Waals surface area contributed by atoms with Gasteiger partial charge in [-0.15, -0.1) is 11.3 Å². The predicted molar refractivity (Wildman–Crippen MR) is 182 cm³/mol. The van der Waals surface area contributed by atoms with Crippen molar-refractivity contribution in [1.29, 1.82) is 5.26 Å². The van der Waals surface area contributed by atoms with Crippen molar-refractivity contribution in [1.82, 2.24) is 10.6 Å². The highest BCUT2D eigenvalue weighted by Gasteiger charge is 2.39. The summed E-state index contributed by atoms with van der Waals surface area (Å²) in [4.78, 5) is 27.6. The monoisotopic (exact) mass is 693 g/mol. The van der Waals surface area contributed by atoms with Crippen LogP contribution in [0.3, 0.4) is 0 Å². The molecule has 7 nitrogen and oxygen atoms in total. The molecule has 2 atom stereocenters. The molecule has 0 spiro atoms. The highest BCUT2D eigenvalue weighted by atomic mass is 79.9. The second-order valence-electron chi connectivity index (χ2n) is 11.3. The molecule has 0 radical (unpaired) electrons. The molecule has 46 heavy (non-hydrogen) atoms. The number of ketones is 1. The Hall–Kier alpha value is -4.65. The van der Waals surface area contributed by atoms with Gasteiger partial charge in [0.25, 0.3) is 5.91 Å². The fourth-order valence-electron chi connectivity index (χ4n) is 6.17. The molecule has 2 aliphatic rings. The first kappa shape index (κ1) is 31.3. The largest absolute Gasteiger partial charge is 0.493 e. The van der Waals surface area contributed by atoms with Gasteiger partial charge in [-0.1, -0.05) is 48.5 Å². The number of carbonyl (C=O) groups excluding carboxylic acids is 2. The number of dihydropyridines is 1.